The van der Waals surface area contributed by atoms with Gasteiger partial charge in [0.25, 0.3) is 0 Å². The van der Waals surface area contributed by atoms with Crippen molar-refractivity contribution in [2.45, 2.75) is 46.6 Å². The molecule has 4 nitrogen and oxygen atoms in total. The Balaban J connectivity index is 2.42. The first-order valence-electron chi connectivity index (χ1n) is 7.26. The number of fused-ring (bicyclic) bond motifs is 1. The summed E-state index contributed by atoms with van der Waals surface area (Å²) in [5, 5.41) is 9.26. The van der Waals surface area contributed by atoms with Gasteiger partial charge in [-0.1, -0.05) is 26.8 Å². The Bertz CT molecular complexity index is 614. The number of aryl methyl sites for hydroxylation is 2. The molecule has 1 heterocycles. The average molecular weight is 274 g/mol. The Morgan fingerprint density at radius 2 is 2.15 bits per heavy atom. The molecule has 0 fully saturated rings. The molecule has 2 aromatic rings. The number of para-hydroxylation sites is 1. The molecule has 2 rings (SSSR count). The molecule has 0 saturated carbocycles. The van der Waals surface area contributed by atoms with Gasteiger partial charge >= 0.3 is 5.97 Å². The van der Waals surface area contributed by atoms with Crippen LogP contribution in [0, 0.1) is 5.92 Å². The molecule has 0 spiro atoms. The Morgan fingerprint density at radius 1 is 1.40 bits per heavy atom. The first-order chi connectivity index (χ1) is 9.54. The van der Waals surface area contributed by atoms with Gasteiger partial charge < -0.3 is 9.67 Å². The van der Waals surface area contributed by atoms with Gasteiger partial charge in [-0.3, -0.25) is 0 Å². The van der Waals surface area contributed by atoms with Crippen LogP contribution in [-0.2, 0) is 13.0 Å². The monoisotopic (exact) mass is 274 g/mol. The van der Waals surface area contributed by atoms with Gasteiger partial charge in [0.15, 0.2) is 0 Å². The molecule has 0 bridgehead atoms. The van der Waals surface area contributed by atoms with Crippen LogP contribution in [0.15, 0.2) is 18.2 Å². The third kappa shape index (κ3) is 2.84. The van der Waals surface area contributed by atoms with E-state index in [1.807, 2.05) is 6.07 Å². The molecule has 0 saturated heterocycles. The highest BCUT2D eigenvalue weighted by Crippen LogP contribution is 2.22. The van der Waals surface area contributed by atoms with Crippen molar-refractivity contribution in [2.24, 2.45) is 5.92 Å². The summed E-state index contributed by atoms with van der Waals surface area (Å²) in [5.74, 6) is 0.743. The second-order valence-electron chi connectivity index (χ2n) is 5.55. The number of carbonyl (C=O) groups is 1. The quantitative estimate of drug-likeness (QED) is 0.873. The SMILES string of the molecule is CCc1nc2c(C(=O)O)cccc2n1CCCC(C)C. The zero-order valence-corrected chi connectivity index (χ0v) is 12.4. The zero-order chi connectivity index (χ0) is 14.7. The van der Waals surface area contributed by atoms with E-state index in [1.54, 1.807) is 12.1 Å². The highest BCUT2D eigenvalue weighted by molar-refractivity contribution is 6.01. The minimum atomic E-state index is -0.912. The fourth-order valence-corrected chi connectivity index (χ4v) is 2.54. The summed E-state index contributed by atoms with van der Waals surface area (Å²) in [7, 11) is 0. The summed E-state index contributed by atoms with van der Waals surface area (Å²) in [6.07, 6.45) is 3.07. The van der Waals surface area contributed by atoms with Crippen molar-refractivity contribution < 1.29 is 9.90 Å². The van der Waals surface area contributed by atoms with Gasteiger partial charge in [0.1, 0.15) is 11.3 Å². The molecule has 20 heavy (non-hydrogen) atoms. The van der Waals surface area contributed by atoms with Crippen molar-refractivity contribution >= 4 is 17.0 Å². The number of imidazole rings is 1. The van der Waals surface area contributed by atoms with E-state index in [2.05, 4.69) is 30.3 Å². The van der Waals surface area contributed by atoms with Crippen LogP contribution in [-0.4, -0.2) is 20.6 Å². The van der Waals surface area contributed by atoms with E-state index in [0.29, 0.717) is 17.0 Å². The maximum Gasteiger partial charge on any atom is 0.337 e. The summed E-state index contributed by atoms with van der Waals surface area (Å²) in [5.41, 5.74) is 1.84. The van der Waals surface area contributed by atoms with E-state index in [4.69, 9.17) is 0 Å². The molecular weight excluding hydrogens is 252 g/mol. The van der Waals surface area contributed by atoms with Crippen LogP contribution in [0.25, 0.3) is 11.0 Å². The molecule has 1 aromatic carbocycles. The smallest absolute Gasteiger partial charge is 0.337 e. The Hall–Kier alpha value is -1.84. The Morgan fingerprint density at radius 3 is 2.75 bits per heavy atom. The van der Waals surface area contributed by atoms with E-state index in [-0.39, 0.29) is 0 Å². The van der Waals surface area contributed by atoms with Crippen LogP contribution >= 0.6 is 0 Å². The van der Waals surface area contributed by atoms with E-state index in [1.165, 1.54) is 6.42 Å². The zero-order valence-electron chi connectivity index (χ0n) is 12.4. The molecule has 0 atom stereocenters. The molecule has 4 heteroatoms. The lowest BCUT2D eigenvalue weighted by Crippen LogP contribution is -2.04. The van der Waals surface area contributed by atoms with Crippen LogP contribution in [0.5, 0.6) is 0 Å². The topological polar surface area (TPSA) is 55.1 Å². The average Bonchev–Trinajstić information content (AvgIpc) is 2.76. The van der Waals surface area contributed by atoms with Crippen molar-refractivity contribution in [3.8, 4) is 0 Å². The fourth-order valence-electron chi connectivity index (χ4n) is 2.54. The third-order valence-corrected chi connectivity index (χ3v) is 3.57. The van der Waals surface area contributed by atoms with Gasteiger partial charge in [-0.15, -0.1) is 0 Å². The summed E-state index contributed by atoms with van der Waals surface area (Å²) in [4.78, 5) is 15.8. The number of hydrogen-bond acceptors (Lipinski definition) is 2. The predicted molar refractivity (Wildman–Crippen MR) is 80.1 cm³/mol. The number of nitrogens with zero attached hydrogens (tertiary/aromatic N) is 2. The van der Waals surface area contributed by atoms with Gasteiger partial charge in [-0.05, 0) is 30.9 Å². The predicted octanol–water partition coefficient (Wildman–Crippen LogP) is 3.73. The molecule has 1 aromatic heterocycles. The standard InChI is InChI=1S/C16H22N2O2/c1-4-14-17-15-12(16(19)20)8-5-9-13(15)18(14)10-6-7-11(2)3/h5,8-9,11H,4,6-7,10H2,1-3H3,(H,19,20). The summed E-state index contributed by atoms with van der Waals surface area (Å²) >= 11 is 0. The second kappa shape index (κ2) is 6.07. The number of hydrogen-bond donors (Lipinski definition) is 1. The van der Waals surface area contributed by atoms with Crippen molar-refractivity contribution in [3.05, 3.63) is 29.6 Å². The van der Waals surface area contributed by atoms with E-state index < -0.39 is 5.97 Å². The second-order valence-corrected chi connectivity index (χ2v) is 5.55. The molecule has 0 aliphatic carbocycles. The van der Waals surface area contributed by atoms with E-state index in [9.17, 15) is 9.90 Å². The Kier molecular flexibility index (Phi) is 4.42. The lowest BCUT2D eigenvalue weighted by Gasteiger charge is -2.09. The maximum absolute atomic E-state index is 11.3. The van der Waals surface area contributed by atoms with Crippen LogP contribution in [0.3, 0.4) is 0 Å². The molecule has 108 valence electrons. The first-order valence-corrected chi connectivity index (χ1v) is 7.26. The van der Waals surface area contributed by atoms with Gasteiger partial charge in [0, 0.05) is 13.0 Å². The lowest BCUT2D eigenvalue weighted by molar-refractivity contribution is 0.0699. The summed E-state index contributed by atoms with van der Waals surface area (Å²) < 4.78 is 2.17. The molecule has 1 N–H and O–H groups in total. The first kappa shape index (κ1) is 14.6. The largest absolute Gasteiger partial charge is 0.478 e. The van der Waals surface area contributed by atoms with Crippen molar-refractivity contribution in [1.29, 1.82) is 0 Å². The Labute approximate surface area is 119 Å². The number of benzene rings is 1. The minimum absolute atomic E-state index is 0.291. The number of carboxylic acids is 1. The van der Waals surface area contributed by atoms with Gasteiger partial charge in [0.05, 0.1) is 11.1 Å². The number of rotatable bonds is 6. The third-order valence-electron chi connectivity index (χ3n) is 3.57. The lowest BCUT2D eigenvalue weighted by atomic mass is 10.1. The summed E-state index contributed by atoms with van der Waals surface area (Å²) in [6.45, 7) is 7.39. The fraction of sp³-hybridized carbons (Fsp3) is 0.500. The molecule has 0 unspecified atom stereocenters. The van der Waals surface area contributed by atoms with Crippen LogP contribution in [0.1, 0.15) is 49.8 Å². The molecule has 0 aliphatic rings. The van der Waals surface area contributed by atoms with Crippen LogP contribution in [0.2, 0.25) is 0 Å². The molecule has 0 amide bonds. The van der Waals surface area contributed by atoms with Crippen molar-refractivity contribution in [2.75, 3.05) is 0 Å². The van der Waals surface area contributed by atoms with Gasteiger partial charge in [-0.2, -0.15) is 0 Å². The van der Waals surface area contributed by atoms with Crippen molar-refractivity contribution in [3.63, 3.8) is 0 Å². The number of carboxylic acid groups (broad SMARTS) is 1. The highest BCUT2D eigenvalue weighted by Gasteiger charge is 2.15. The normalized spacial score (nSPS) is 11.4. The summed E-state index contributed by atoms with van der Waals surface area (Å²) in [6, 6.07) is 5.38. The van der Waals surface area contributed by atoms with Crippen molar-refractivity contribution in [1.82, 2.24) is 9.55 Å². The molecule has 0 aliphatic heterocycles. The minimum Gasteiger partial charge on any atom is -0.478 e. The molecular formula is C16H22N2O2. The number of aromatic nitrogens is 2. The molecule has 0 radical (unpaired) electrons. The van der Waals surface area contributed by atoms with Gasteiger partial charge in [0.2, 0.25) is 0 Å². The van der Waals surface area contributed by atoms with Gasteiger partial charge in [-0.25, -0.2) is 9.78 Å². The van der Waals surface area contributed by atoms with E-state index >= 15 is 0 Å². The van der Waals surface area contributed by atoms with Crippen LogP contribution < -0.4 is 0 Å². The maximum atomic E-state index is 11.3. The number of aromatic carboxylic acids is 1. The van der Waals surface area contributed by atoms with Crippen LogP contribution in [0.4, 0.5) is 0 Å². The van der Waals surface area contributed by atoms with E-state index in [0.717, 1.165) is 30.7 Å². The highest BCUT2D eigenvalue weighted by atomic mass is 16.4.